The molecule has 0 bridgehead atoms. The highest BCUT2D eigenvalue weighted by atomic mass is 35.5. The molecule has 0 spiro atoms. The quantitative estimate of drug-likeness (QED) is 0.146. The van der Waals surface area contributed by atoms with Crippen LogP contribution in [0.15, 0.2) is 115 Å². The molecule has 2 aliphatic rings. The second-order valence-corrected chi connectivity index (χ2v) is 14.3. The standard InChI is InChI=1S/C42H40Cl2N6O4/c1-2-21-48(42(54)45-24-29-17-20-35(43)36(44)22-29)49-27-39(51)50-37(23-28-15-18-33(19-16-28)46-40(52)31-10-4-3-5-11-31)41(53)47(26-38(49)50)25-32-13-8-12-30-9-6-7-14-34(30)32/h3-20,22,37-38H,2,21,23-27H2,1H3,(H,45,54)(H,46,52)/t37-,38+/m0/s1. The Morgan fingerprint density at radius 1 is 0.833 bits per heavy atom. The maximum atomic E-state index is 14.5. The number of fused-ring (bicyclic) bond motifs is 2. The monoisotopic (exact) mass is 762 g/mol. The highest BCUT2D eigenvalue weighted by molar-refractivity contribution is 6.42. The maximum absolute atomic E-state index is 14.5. The van der Waals surface area contributed by atoms with Crippen molar-refractivity contribution in [3.05, 3.63) is 148 Å². The van der Waals surface area contributed by atoms with Crippen LogP contribution in [0.4, 0.5) is 10.5 Å². The minimum absolute atomic E-state index is 0.0544. The summed E-state index contributed by atoms with van der Waals surface area (Å²) in [6, 6.07) is 34.4. The van der Waals surface area contributed by atoms with Gasteiger partial charge < -0.3 is 20.4 Å². The maximum Gasteiger partial charge on any atom is 0.332 e. The van der Waals surface area contributed by atoms with Crippen molar-refractivity contribution < 1.29 is 19.2 Å². The third kappa shape index (κ3) is 7.91. The summed E-state index contributed by atoms with van der Waals surface area (Å²) in [6.07, 6.45) is 0.319. The summed E-state index contributed by atoms with van der Waals surface area (Å²) in [5.41, 5.74) is 3.76. The predicted octanol–water partition coefficient (Wildman–Crippen LogP) is 7.36. The van der Waals surface area contributed by atoms with E-state index in [1.807, 2.05) is 84.6 Å². The van der Waals surface area contributed by atoms with Crippen molar-refractivity contribution in [2.45, 2.75) is 45.1 Å². The summed E-state index contributed by atoms with van der Waals surface area (Å²) in [6.45, 7) is 3.05. The normalized spacial score (nSPS) is 17.1. The zero-order valence-corrected chi connectivity index (χ0v) is 31.3. The van der Waals surface area contributed by atoms with Gasteiger partial charge in [0.05, 0.1) is 23.1 Å². The van der Waals surface area contributed by atoms with Crippen LogP contribution < -0.4 is 10.6 Å². The fourth-order valence-electron chi connectivity index (χ4n) is 7.24. The van der Waals surface area contributed by atoms with Gasteiger partial charge in [0, 0.05) is 37.3 Å². The van der Waals surface area contributed by atoms with Crippen molar-refractivity contribution >= 4 is 63.4 Å². The molecule has 10 nitrogen and oxygen atoms in total. The van der Waals surface area contributed by atoms with Gasteiger partial charge in [-0.05, 0) is 70.3 Å². The number of halogens is 2. The van der Waals surface area contributed by atoms with E-state index >= 15 is 0 Å². The number of rotatable bonds is 11. The van der Waals surface area contributed by atoms with Crippen LogP contribution in [0.1, 0.15) is 40.4 Å². The van der Waals surface area contributed by atoms with E-state index in [9.17, 15) is 19.2 Å². The van der Waals surface area contributed by atoms with E-state index in [0.29, 0.717) is 40.8 Å². The van der Waals surface area contributed by atoms with E-state index in [2.05, 4.69) is 10.6 Å². The zero-order chi connectivity index (χ0) is 37.8. The van der Waals surface area contributed by atoms with Crippen LogP contribution >= 0.6 is 23.2 Å². The van der Waals surface area contributed by atoms with Gasteiger partial charge in [-0.25, -0.2) is 4.79 Å². The summed E-state index contributed by atoms with van der Waals surface area (Å²) >= 11 is 12.3. The number of carbonyl (C=O) groups excluding carboxylic acids is 4. The molecule has 2 aliphatic heterocycles. The van der Waals surface area contributed by atoms with E-state index in [1.165, 1.54) is 0 Å². The zero-order valence-electron chi connectivity index (χ0n) is 29.8. The Hall–Kier alpha value is -5.42. The number of benzene rings is 5. The fourth-order valence-corrected chi connectivity index (χ4v) is 7.56. The molecule has 5 aromatic rings. The number of piperazine rings is 1. The van der Waals surface area contributed by atoms with Crippen LogP contribution in [0.2, 0.25) is 10.0 Å². The minimum Gasteiger partial charge on any atom is -0.333 e. The Balaban J connectivity index is 1.16. The lowest BCUT2D eigenvalue weighted by Crippen LogP contribution is -2.66. The van der Waals surface area contributed by atoms with E-state index in [4.69, 9.17) is 23.2 Å². The van der Waals surface area contributed by atoms with Gasteiger partial charge in [-0.15, -0.1) is 0 Å². The first-order valence-electron chi connectivity index (χ1n) is 18.0. The molecule has 2 saturated heterocycles. The number of urea groups is 1. The van der Waals surface area contributed by atoms with Gasteiger partial charge in [0.25, 0.3) is 5.91 Å². The molecule has 12 heteroatoms. The van der Waals surface area contributed by atoms with Gasteiger partial charge in [-0.2, -0.15) is 5.01 Å². The molecule has 7 rings (SSSR count). The first kappa shape index (κ1) is 36.9. The highest BCUT2D eigenvalue weighted by Crippen LogP contribution is 2.32. The van der Waals surface area contributed by atoms with Gasteiger partial charge in [-0.3, -0.25) is 19.4 Å². The van der Waals surface area contributed by atoms with Crippen LogP contribution in [0.25, 0.3) is 10.8 Å². The van der Waals surface area contributed by atoms with Gasteiger partial charge in [0.2, 0.25) is 11.8 Å². The molecule has 54 heavy (non-hydrogen) atoms. The lowest BCUT2D eigenvalue weighted by molar-refractivity contribution is -0.157. The number of hydrogen-bond acceptors (Lipinski definition) is 5. The molecule has 5 aromatic carbocycles. The number of carbonyl (C=O) groups is 4. The molecule has 276 valence electrons. The second kappa shape index (κ2) is 16.3. The average Bonchev–Trinajstić information content (AvgIpc) is 3.51. The number of nitrogens with one attached hydrogen (secondary N) is 2. The molecule has 0 unspecified atom stereocenters. The van der Waals surface area contributed by atoms with Crippen molar-refractivity contribution in [1.29, 1.82) is 0 Å². The molecule has 0 radical (unpaired) electrons. The van der Waals surface area contributed by atoms with Crippen LogP contribution in [-0.2, 0) is 29.1 Å². The predicted molar refractivity (Wildman–Crippen MR) is 211 cm³/mol. The van der Waals surface area contributed by atoms with Crippen molar-refractivity contribution in [3.8, 4) is 0 Å². The molecule has 0 aliphatic carbocycles. The third-order valence-electron chi connectivity index (χ3n) is 9.89. The molecule has 0 saturated carbocycles. The highest BCUT2D eigenvalue weighted by Gasteiger charge is 2.52. The van der Waals surface area contributed by atoms with Gasteiger partial charge in [0.15, 0.2) is 0 Å². The topological polar surface area (TPSA) is 105 Å². The van der Waals surface area contributed by atoms with E-state index in [-0.39, 0.29) is 49.8 Å². The summed E-state index contributed by atoms with van der Waals surface area (Å²) in [5, 5.41) is 12.2. The molecule has 2 atom stereocenters. The minimum atomic E-state index is -0.816. The Morgan fingerprint density at radius 2 is 1.56 bits per heavy atom. The van der Waals surface area contributed by atoms with Crippen molar-refractivity contribution in [2.24, 2.45) is 0 Å². The lowest BCUT2D eigenvalue weighted by Gasteiger charge is -2.46. The van der Waals surface area contributed by atoms with Gasteiger partial charge >= 0.3 is 6.03 Å². The molecule has 2 N–H and O–H groups in total. The smallest absolute Gasteiger partial charge is 0.332 e. The second-order valence-electron chi connectivity index (χ2n) is 13.5. The van der Waals surface area contributed by atoms with Crippen LogP contribution in [0, 0.1) is 0 Å². The number of hydrogen-bond donors (Lipinski definition) is 2. The summed E-state index contributed by atoms with van der Waals surface area (Å²) in [4.78, 5) is 58.6. The summed E-state index contributed by atoms with van der Waals surface area (Å²) in [5.74, 6) is -0.617. The number of amides is 5. The molecular weight excluding hydrogens is 723 g/mol. The van der Waals surface area contributed by atoms with Crippen LogP contribution in [0.5, 0.6) is 0 Å². The molecular formula is C42H40Cl2N6O4. The summed E-state index contributed by atoms with van der Waals surface area (Å²) < 4.78 is 0. The Bertz CT molecular complexity index is 2180. The first-order valence-corrected chi connectivity index (χ1v) is 18.7. The number of anilines is 1. The molecule has 5 amide bonds. The largest absolute Gasteiger partial charge is 0.333 e. The fraction of sp³-hybridized carbons (Fsp3) is 0.238. The van der Waals surface area contributed by atoms with Crippen LogP contribution in [-0.4, -0.2) is 75.4 Å². The Kier molecular flexibility index (Phi) is 11.1. The van der Waals surface area contributed by atoms with Crippen molar-refractivity contribution in [1.82, 2.24) is 25.1 Å². The first-order chi connectivity index (χ1) is 26.2. The van der Waals surface area contributed by atoms with Gasteiger partial charge in [0.1, 0.15) is 12.2 Å². The third-order valence-corrected chi connectivity index (χ3v) is 10.6. The van der Waals surface area contributed by atoms with Crippen LogP contribution in [0.3, 0.4) is 0 Å². The number of hydrazine groups is 1. The van der Waals surface area contributed by atoms with Crippen molar-refractivity contribution in [2.75, 3.05) is 25.0 Å². The molecule has 2 heterocycles. The van der Waals surface area contributed by atoms with Crippen molar-refractivity contribution in [3.63, 3.8) is 0 Å². The molecule has 0 aromatic heterocycles. The lowest BCUT2D eigenvalue weighted by atomic mass is 9.98. The SMILES string of the molecule is CCCN(C(=O)NCc1ccc(Cl)c(Cl)c1)N1CC(=O)N2[C@@H](Cc3ccc(NC(=O)c4ccccc4)cc3)C(=O)N(Cc3cccc4ccccc34)C[C@@H]21. The number of nitrogens with zero attached hydrogens (tertiary/aromatic N) is 4. The Labute approximate surface area is 324 Å². The van der Waals surface area contributed by atoms with E-state index in [0.717, 1.165) is 27.5 Å². The summed E-state index contributed by atoms with van der Waals surface area (Å²) in [7, 11) is 0. The van der Waals surface area contributed by atoms with E-state index in [1.54, 1.807) is 57.4 Å². The molecule has 2 fully saturated rings. The average molecular weight is 764 g/mol. The van der Waals surface area contributed by atoms with E-state index < -0.39 is 12.2 Å². The van der Waals surface area contributed by atoms with Gasteiger partial charge in [-0.1, -0.05) is 109 Å². The Morgan fingerprint density at radius 3 is 2.31 bits per heavy atom.